The number of carboxylic acid groups (broad SMARTS) is 2. The van der Waals surface area contributed by atoms with E-state index in [1.165, 1.54) is 24.3 Å². The highest BCUT2D eigenvalue weighted by molar-refractivity contribution is 7.98. The van der Waals surface area contributed by atoms with Gasteiger partial charge in [-0.25, -0.2) is 9.78 Å². The van der Waals surface area contributed by atoms with Crippen LogP contribution >= 0.6 is 11.8 Å². The zero-order valence-electron chi connectivity index (χ0n) is 18.5. The molecule has 4 unspecified atom stereocenters. The normalized spacial score (nSPS) is 14.3. The number of imidazole rings is 1. The molecule has 4 atom stereocenters. The summed E-state index contributed by atoms with van der Waals surface area (Å²) in [6.07, 6.45) is 4.14. The molecule has 0 saturated heterocycles. The van der Waals surface area contributed by atoms with Gasteiger partial charge in [0.05, 0.1) is 19.0 Å². The number of carboxylic acids is 2. The molecular weight excluding hydrogens is 472 g/mol. The first-order valence-electron chi connectivity index (χ1n) is 10.3. The molecule has 0 aliphatic rings. The Morgan fingerprint density at radius 2 is 1.65 bits per heavy atom. The third-order valence-electron chi connectivity index (χ3n) is 4.66. The molecule has 0 aliphatic heterocycles. The van der Waals surface area contributed by atoms with E-state index in [2.05, 4.69) is 25.9 Å². The van der Waals surface area contributed by atoms with Crippen LogP contribution in [0.4, 0.5) is 0 Å². The molecule has 0 aliphatic carbocycles. The van der Waals surface area contributed by atoms with Crippen molar-refractivity contribution in [2.75, 3.05) is 18.6 Å². The monoisotopic (exact) mass is 502 g/mol. The van der Waals surface area contributed by atoms with Crippen molar-refractivity contribution < 1.29 is 39.3 Å². The summed E-state index contributed by atoms with van der Waals surface area (Å²) in [5.74, 6) is -4.45. The first-order valence-corrected chi connectivity index (χ1v) is 11.7. The Labute approximate surface area is 199 Å². The van der Waals surface area contributed by atoms with Crippen molar-refractivity contribution in [3.05, 3.63) is 18.2 Å². The molecule has 1 heterocycles. The minimum atomic E-state index is -1.48. The van der Waals surface area contributed by atoms with E-state index in [0.29, 0.717) is 11.4 Å². The second-order valence-corrected chi connectivity index (χ2v) is 8.29. The van der Waals surface area contributed by atoms with Crippen molar-refractivity contribution in [3.63, 3.8) is 0 Å². The number of H-pyrrole nitrogens is 1. The lowest BCUT2D eigenvalue weighted by molar-refractivity contribution is -0.142. The molecule has 1 aromatic rings. The number of nitrogens with one attached hydrogen (secondary N) is 4. The summed E-state index contributed by atoms with van der Waals surface area (Å²) in [4.78, 5) is 66.2. The molecule has 0 saturated carbocycles. The van der Waals surface area contributed by atoms with Gasteiger partial charge in [-0.15, -0.1) is 0 Å². The molecule has 0 bridgehead atoms. The minimum Gasteiger partial charge on any atom is -0.481 e. The molecule has 0 spiro atoms. The number of hydrogen-bond acceptors (Lipinski definition) is 9. The third kappa shape index (κ3) is 10.2. The molecule has 0 aromatic carbocycles. The standard InChI is InChI=1S/C19H30N6O8S/c1-34-5-4-12(23-16(29)11(20)2-3-15(27)28)17(30)25-14(8-26)18(31)24-13(19(32)33)6-10-7-21-9-22-10/h7,9,11-14,26H,2-6,8,20H2,1H3,(H,21,22)(H,23,29)(H,24,31)(H,25,30)(H,27,28)(H,32,33). The predicted octanol–water partition coefficient (Wildman–Crippen LogP) is -2.57. The van der Waals surface area contributed by atoms with Gasteiger partial charge in [-0.2, -0.15) is 11.8 Å². The molecule has 0 radical (unpaired) electrons. The number of nitrogens with zero attached hydrogens (tertiary/aromatic N) is 1. The zero-order valence-corrected chi connectivity index (χ0v) is 19.3. The number of aliphatic hydroxyl groups excluding tert-OH is 1. The Bertz CT molecular complexity index is 837. The number of aliphatic hydroxyl groups is 1. The highest BCUT2D eigenvalue weighted by Gasteiger charge is 2.30. The number of amides is 3. The molecular formula is C19H30N6O8S. The number of aliphatic carboxylic acids is 2. The number of hydrogen-bond donors (Lipinski definition) is 8. The van der Waals surface area contributed by atoms with Gasteiger partial charge in [0.25, 0.3) is 0 Å². The molecule has 3 amide bonds. The molecule has 34 heavy (non-hydrogen) atoms. The van der Waals surface area contributed by atoms with Crippen LogP contribution in [0.25, 0.3) is 0 Å². The molecule has 15 heteroatoms. The summed E-state index contributed by atoms with van der Waals surface area (Å²) >= 11 is 1.40. The van der Waals surface area contributed by atoms with E-state index in [0.717, 1.165) is 0 Å². The zero-order chi connectivity index (χ0) is 25.7. The molecule has 9 N–H and O–H groups in total. The van der Waals surface area contributed by atoms with E-state index in [1.54, 1.807) is 6.26 Å². The van der Waals surface area contributed by atoms with Gasteiger partial charge in [-0.1, -0.05) is 0 Å². The van der Waals surface area contributed by atoms with Crippen LogP contribution < -0.4 is 21.7 Å². The van der Waals surface area contributed by atoms with Crippen molar-refractivity contribution in [2.24, 2.45) is 5.73 Å². The van der Waals surface area contributed by atoms with Crippen LogP contribution in [0.3, 0.4) is 0 Å². The van der Waals surface area contributed by atoms with Gasteiger partial charge in [0, 0.05) is 24.7 Å². The number of carbonyl (C=O) groups is 5. The Morgan fingerprint density at radius 1 is 1.03 bits per heavy atom. The van der Waals surface area contributed by atoms with Crippen LogP contribution in [-0.2, 0) is 30.4 Å². The molecule has 14 nitrogen and oxygen atoms in total. The fourth-order valence-electron chi connectivity index (χ4n) is 2.75. The van der Waals surface area contributed by atoms with Gasteiger partial charge in [0.15, 0.2) is 0 Å². The van der Waals surface area contributed by atoms with Crippen LogP contribution in [0, 0.1) is 0 Å². The quantitative estimate of drug-likeness (QED) is 0.117. The average molecular weight is 503 g/mol. The topological polar surface area (TPSA) is 237 Å². The van der Waals surface area contributed by atoms with Gasteiger partial charge in [-0.05, 0) is 24.9 Å². The Balaban J connectivity index is 2.80. The van der Waals surface area contributed by atoms with Crippen molar-refractivity contribution in [3.8, 4) is 0 Å². The maximum Gasteiger partial charge on any atom is 0.326 e. The smallest absolute Gasteiger partial charge is 0.326 e. The highest BCUT2D eigenvalue weighted by Crippen LogP contribution is 2.04. The number of rotatable bonds is 16. The second-order valence-electron chi connectivity index (χ2n) is 7.31. The number of carbonyl (C=O) groups excluding carboxylic acids is 3. The minimum absolute atomic E-state index is 0.103. The second kappa shape index (κ2) is 14.9. The number of aromatic amines is 1. The fourth-order valence-corrected chi connectivity index (χ4v) is 3.22. The fraction of sp³-hybridized carbons (Fsp3) is 0.579. The lowest BCUT2D eigenvalue weighted by Gasteiger charge is -2.24. The Hall–Kier alpha value is -3.17. The lowest BCUT2D eigenvalue weighted by atomic mass is 10.1. The van der Waals surface area contributed by atoms with E-state index >= 15 is 0 Å². The number of nitrogens with two attached hydrogens (primary N) is 1. The van der Waals surface area contributed by atoms with E-state index in [9.17, 15) is 34.2 Å². The van der Waals surface area contributed by atoms with Gasteiger partial charge in [-0.3, -0.25) is 19.2 Å². The van der Waals surface area contributed by atoms with Crippen LogP contribution in [0.5, 0.6) is 0 Å². The summed E-state index contributed by atoms with van der Waals surface area (Å²) in [5, 5.41) is 34.7. The predicted molar refractivity (Wildman–Crippen MR) is 121 cm³/mol. The Morgan fingerprint density at radius 3 is 2.18 bits per heavy atom. The third-order valence-corrected chi connectivity index (χ3v) is 5.30. The van der Waals surface area contributed by atoms with Crippen LogP contribution in [0.1, 0.15) is 25.0 Å². The largest absolute Gasteiger partial charge is 0.481 e. The summed E-state index contributed by atoms with van der Waals surface area (Å²) in [5.41, 5.74) is 6.13. The molecule has 1 aromatic heterocycles. The average Bonchev–Trinajstić information content (AvgIpc) is 3.30. The Kier molecular flexibility index (Phi) is 12.6. The molecule has 1 rings (SSSR count). The number of thioether (sulfide) groups is 1. The maximum atomic E-state index is 12.7. The van der Waals surface area contributed by atoms with E-state index < -0.39 is 60.4 Å². The summed E-state index contributed by atoms with van der Waals surface area (Å²) in [6, 6.07) is -5.10. The summed E-state index contributed by atoms with van der Waals surface area (Å²) < 4.78 is 0. The SMILES string of the molecule is CSCCC(NC(=O)C(N)CCC(=O)O)C(=O)NC(CO)C(=O)NC(Cc1cnc[nH]1)C(=O)O. The van der Waals surface area contributed by atoms with E-state index in [-0.39, 0.29) is 25.7 Å². The lowest BCUT2D eigenvalue weighted by Crippen LogP contribution is -2.58. The van der Waals surface area contributed by atoms with Crippen molar-refractivity contribution >= 4 is 41.4 Å². The van der Waals surface area contributed by atoms with Crippen LogP contribution in [0.2, 0.25) is 0 Å². The maximum absolute atomic E-state index is 12.7. The van der Waals surface area contributed by atoms with Crippen molar-refractivity contribution in [1.29, 1.82) is 0 Å². The van der Waals surface area contributed by atoms with Gasteiger partial charge >= 0.3 is 11.9 Å². The van der Waals surface area contributed by atoms with Gasteiger partial charge in [0.1, 0.15) is 18.1 Å². The first-order chi connectivity index (χ1) is 16.1. The summed E-state index contributed by atoms with van der Waals surface area (Å²) in [7, 11) is 0. The van der Waals surface area contributed by atoms with Gasteiger partial charge in [0.2, 0.25) is 17.7 Å². The van der Waals surface area contributed by atoms with Gasteiger partial charge < -0.3 is 42.0 Å². The van der Waals surface area contributed by atoms with E-state index in [4.69, 9.17) is 10.8 Å². The van der Waals surface area contributed by atoms with E-state index in [1.807, 2.05) is 0 Å². The van der Waals surface area contributed by atoms with Crippen LogP contribution in [0.15, 0.2) is 12.5 Å². The summed E-state index contributed by atoms with van der Waals surface area (Å²) in [6.45, 7) is -0.824. The number of aromatic nitrogens is 2. The van der Waals surface area contributed by atoms with Crippen molar-refractivity contribution in [1.82, 2.24) is 25.9 Å². The molecule has 190 valence electrons. The highest BCUT2D eigenvalue weighted by atomic mass is 32.2. The van der Waals surface area contributed by atoms with Crippen LogP contribution in [-0.4, -0.2) is 97.7 Å². The first kappa shape index (κ1) is 28.9. The molecule has 0 fully saturated rings. The van der Waals surface area contributed by atoms with Crippen molar-refractivity contribution in [2.45, 2.75) is 49.9 Å².